The summed E-state index contributed by atoms with van der Waals surface area (Å²) < 4.78 is 10.2. The lowest BCUT2D eigenvalue weighted by atomic mass is 9.96. The molecule has 0 radical (unpaired) electrons. The second-order valence-electron chi connectivity index (χ2n) is 7.46. The number of benzene rings is 2. The van der Waals surface area contributed by atoms with Gasteiger partial charge < -0.3 is 19.7 Å². The quantitative estimate of drug-likeness (QED) is 0.498. The van der Waals surface area contributed by atoms with Gasteiger partial charge in [-0.3, -0.25) is 4.79 Å². The van der Waals surface area contributed by atoms with E-state index in [0.717, 1.165) is 10.5 Å². The molecule has 3 atom stereocenters. The van der Waals surface area contributed by atoms with E-state index >= 15 is 0 Å². The molecule has 164 valence electrons. The van der Waals surface area contributed by atoms with Gasteiger partial charge in [0, 0.05) is 4.90 Å². The molecule has 3 rings (SSSR count). The number of hydrogen-bond donors (Lipinski definition) is 1. The Balaban J connectivity index is 1.74. The molecule has 0 saturated carbocycles. The summed E-state index contributed by atoms with van der Waals surface area (Å²) in [5, 5.41) is 2.20. The normalized spacial score (nSPS) is 18.8. The first-order valence-electron chi connectivity index (χ1n) is 10.0. The highest BCUT2D eigenvalue weighted by molar-refractivity contribution is 8.00. The first kappa shape index (κ1) is 22.7. The second kappa shape index (κ2) is 10.3. The zero-order chi connectivity index (χ0) is 22.4. The number of hydrogen-bond acceptors (Lipinski definition) is 6. The third kappa shape index (κ3) is 5.38. The lowest BCUT2D eigenvalue weighted by molar-refractivity contribution is -0.164. The van der Waals surface area contributed by atoms with Gasteiger partial charge in [-0.25, -0.2) is 9.59 Å². The average molecular weight is 443 g/mol. The Labute approximate surface area is 186 Å². The molecule has 31 heavy (non-hydrogen) atoms. The highest BCUT2D eigenvalue weighted by Crippen LogP contribution is 2.38. The largest absolute Gasteiger partial charge is 0.467 e. The summed E-state index contributed by atoms with van der Waals surface area (Å²) in [6.45, 7) is 3.81. The summed E-state index contributed by atoms with van der Waals surface area (Å²) in [6.07, 6.45) is -0.681. The molecule has 0 aliphatic carbocycles. The Morgan fingerprint density at radius 2 is 1.68 bits per heavy atom. The third-order valence-electron chi connectivity index (χ3n) is 4.94. The van der Waals surface area contributed by atoms with Crippen molar-refractivity contribution in [2.24, 2.45) is 5.92 Å². The van der Waals surface area contributed by atoms with Crippen molar-refractivity contribution in [2.75, 3.05) is 7.11 Å². The van der Waals surface area contributed by atoms with Crippen molar-refractivity contribution in [3.63, 3.8) is 0 Å². The lowest BCUT2D eigenvalue weighted by Gasteiger charge is -2.50. The Morgan fingerprint density at radius 3 is 2.26 bits per heavy atom. The number of amides is 2. The first-order chi connectivity index (χ1) is 14.9. The molecule has 0 spiro atoms. The van der Waals surface area contributed by atoms with E-state index in [-0.39, 0.29) is 18.4 Å². The molecule has 0 aromatic heterocycles. The summed E-state index contributed by atoms with van der Waals surface area (Å²) in [5.74, 6) is -0.970. The minimum absolute atomic E-state index is 0.102. The molecule has 1 fully saturated rings. The topological polar surface area (TPSA) is 84.9 Å². The summed E-state index contributed by atoms with van der Waals surface area (Å²) in [5.41, 5.74) is 0.847. The third-order valence-corrected chi connectivity index (χ3v) is 6.22. The lowest BCUT2D eigenvalue weighted by Crippen LogP contribution is -2.73. The summed E-state index contributed by atoms with van der Waals surface area (Å²) in [7, 11) is 1.30. The van der Waals surface area contributed by atoms with Crippen molar-refractivity contribution in [3.8, 4) is 0 Å². The van der Waals surface area contributed by atoms with Crippen LogP contribution in [0, 0.1) is 5.92 Å². The zero-order valence-corrected chi connectivity index (χ0v) is 18.5. The number of alkyl carbamates (subject to hydrolysis) is 1. The number of carbonyl (C=O) groups excluding carboxylic acids is 3. The van der Waals surface area contributed by atoms with Crippen LogP contribution in [0.25, 0.3) is 0 Å². The number of nitrogens with zero attached hydrogens (tertiary/aromatic N) is 1. The van der Waals surface area contributed by atoms with Gasteiger partial charge in [0.25, 0.3) is 0 Å². The summed E-state index contributed by atoms with van der Waals surface area (Å²) in [6, 6.07) is 17.3. The molecular weight excluding hydrogens is 416 g/mol. The van der Waals surface area contributed by atoms with Crippen LogP contribution in [0.15, 0.2) is 65.6 Å². The molecule has 1 N–H and O–H groups in total. The van der Waals surface area contributed by atoms with Crippen LogP contribution < -0.4 is 5.32 Å². The van der Waals surface area contributed by atoms with Gasteiger partial charge in [-0.15, -0.1) is 0 Å². The van der Waals surface area contributed by atoms with Crippen molar-refractivity contribution in [2.45, 2.75) is 42.8 Å². The fourth-order valence-corrected chi connectivity index (χ4v) is 4.66. The Bertz CT molecular complexity index is 907. The SMILES string of the molecule is COC(=O)[C@H](C(C)C)N1C(=O)[C@@H](NC(=O)OCc2ccccc2)[C@H]1Sc1ccccc1. The van der Waals surface area contributed by atoms with Gasteiger partial charge in [0.2, 0.25) is 5.91 Å². The van der Waals surface area contributed by atoms with Crippen LogP contribution in [-0.2, 0) is 25.7 Å². The van der Waals surface area contributed by atoms with E-state index < -0.39 is 29.5 Å². The molecule has 1 heterocycles. The van der Waals surface area contributed by atoms with Gasteiger partial charge in [0.1, 0.15) is 24.1 Å². The van der Waals surface area contributed by atoms with Crippen LogP contribution in [0.5, 0.6) is 0 Å². The van der Waals surface area contributed by atoms with E-state index in [1.165, 1.54) is 23.8 Å². The van der Waals surface area contributed by atoms with Gasteiger partial charge in [-0.05, 0) is 23.6 Å². The van der Waals surface area contributed by atoms with Crippen molar-refractivity contribution < 1.29 is 23.9 Å². The average Bonchev–Trinajstić information content (AvgIpc) is 2.79. The van der Waals surface area contributed by atoms with Crippen LogP contribution in [0.1, 0.15) is 19.4 Å². The van der Waals surface area contributed by atoms with Crippen molar-refractivity contribution in [3.05, 3.63) is 66.2 Å². The molecule has 2 amide bonds. The van der Waals surface area contributed by atoms with Crippen molar-refractivity contribution >= 4 is 29.7 Å². The predicted molar refractivity (Wildman–Crippen MR) is 117 cm³/mol. The van der Waals surface area contributed by atoms with E-state index in [0.29, 0.717) is 0 Å². The molecule has 1 saturated heterocycles. The number of rotatable bonds is 8. The van der Waals surface area contributed by atoms with Crippen LogP contribution in [0.3, 0.4) is 0 Å². The smallest absolute Gasteiger partial charge is 0.408 e. The van der Waals surface area contributed by atoms with Gasteiger partial charge in [-0.1, -0.05) is 74.1 Å². The maximum absolute atomic E-state index is 13.0. The fourth-order valence-electron chi connectivity index (χ4n) is 3.40. The van der Waals surface area contributed by atoms with E-state index in [9.17, 15) is 14.4 Å². The van der Waals surface area contributed by atoms with E-state index in [2.05, 4.69) is 5.32 Å². The minimum Gasteiger partial charge on any atom is -0.467 e. The minimum atomic E-state index is -0.806. The van der Waals surface area contributed by atoms with Gasteiger partial charge >= 0.3 is 12.1 Å². The Morgan fingerprint density at radius 1 is 1.06 bits per heavy atom. The molecule has 8 heteroatoms. The number of carbonyl (C=O) groups is 3. The number of esters is 1. The number of nitrogens with one attached hydrogen (secondary N) is 1. The van der Waals surface area contributed by atoms with Crippen LogP contribution >= 0.6 is 11.8 Å². The van der Waals surface area contributed by atoms with Crippen molar-refractivity contribution in [1.29, 1.82) is 0 Å². The van der Waals surface area contributed by atoms with Crippen LogP contribution in [0.2, 0.25) is 0 Å². The monoisotopic (exact) mass is 442 g/mol. The molecule has 0 bridgehead atoms. The van der Waals surface area contributed by atoms with Crippen molar-refractivity contribution in [1.82, 2.24) is 10.2 Å². The molecule has 0 unspecified atom stereocenters. The molecular formula is C23H26N2O5S. The Kier molecular flexibility index (Phi) is 7.57. The van der Waals surface area contributed by atoms with Crippen LogP contribution in [-0.4, -0.2) is 47.4 Å². The number of ether oxygens (including phenoxy) is 2. The highest BCUT2D eigenvalue weighted by atomic mass is 32.2. The maximum Gasteiger partial charge on any atom is 0.408 e. The molecule has 2 aromatic rings. The molecule has 1 aliphatic rings. The van der Waals surface area contributed by atoms with Gasteiger partial charge in [-0.2, -0.15) is 0 Å². The number of methoxy groups -OCH3 is 1. The van der Waals surface area contributed by atoms with Crippen LogP contribution in [0.4, 0.5) is 4.79 Å². The number of β-lactam (4-membered cyclic amide) rings is 1. The number of thioether (sulfide) groups is 1. The number of likely N-dealkylation sites (tertiary alicyclic amines) is 1. The summed E-state index contributed by atoms with van der Waals surface area (Å²) >= 11 is 1.41. The second-order valence-corrected chi connectivity index (χ2v) is 8.65. The van der Waals surface area contributed by atoms with Gasteiger partial charge in [0.15, 0.2) is 0 Å². The molecule has 7 nitrogen and oxygen atoms in total. The van der Waals surface area contributed by atoms with Gasteiger partial charge in [0.05, 0.1) is 7.11 Å². The van der Waals surface area contributed by atoms with E-state index in [4.69, 9.17) is 9.47 Å². The molecule has 2 aromatic carbocycles. The fraction of sp³-hybridized carbons (Fsp3) is 0.348. The van der Waals surface area contributed by atoms with E-state index in [1.807, 2.05) is 74.5 Å². The predicted octanol–water partition coefficient (Wildman–Crippen LogP) is 3.44. The highest BCUT2D eigenvalue weighted by Gasteiger charge is 2.54. The first-order valence-corrected chi connectivity index (χ1v) is 10.9. The summed E-state index contributed by atoms with van der Waals surface area (Å²) in [4.78, 5) is 40.1. The van der Waals surface area contributed by atoms with E-state index in [1.54, 1.807) is 0 Å². The zero-order valence-electron chi connectivity index (χ0n) is 17.7. The molecule has 1 aliphatic heterocycles. The maximum atomic E-state index is 13.0. The standard InChI is InChI=1S/C23H26N2O5S/c1-15(2)19(22(27)29-3)25-20(26)18(21(25)31-17-12-8-5-9-13-17)24-23(28)30-14-16-10-6-4-7-11-16/h4-13,15,18-19,21H,14H2,1-3H3,(H,24,28)/t18-,19+,21-/m1/s1. The Hall–Kier alpha value is -3.00.